The van der Waals surface area contributed by atoms with Crippen LogP contribution in [0, 0.1) is 0 Å². The number of hydrogen-bond donors (Lipinski definition) is 0. The molecule has 0 atom stereocenters. The van der Waals surface area contributed by atoms with Gasteiger partial charge in [-0.3, -0.25) is 0 Å². The molecule has 0 aliphatic carbocycles. The number of rotatable bonds is 6. The van der Waals surface area contributed by atoms with E-state index < -0.39 is 0 Å². The topological polar surface area (TPSA) is 51.8 Å². The normalized spacial score (nSPS) is 11.4. The second kappa shape index (κ2) is 12.9. The third kappa shape index (κ3) is 5.54. The molecule has 0 N–H and O–H groups in total. The molecule has 2 aromatic heterocycles. The maximum atomic E-state index is 6.16. The predicted molar refractivity (Wildman–Crippen MR) is 217 cm³/mol. The van der Waals surface area contributed by atoms with Gasteiger partial charge < -0.3 is 4.42 Å². The van der Waals surface area contributed by atoms with Crippen molar-refractivity contribution < 1.29 is 4.42 Å². The molecule has 0 bridgehead atoms. The SMILES string of the molecule is c1ccc(-c2nc(-c3ccc(-c4c(-c5ccccc5-c5ccc6oc(-c7ccccc7)nc6c5)ccc5ccccc45)cc3)c3ccccc3n2)cc1. The van der Waals surface area contributed by atoms with E-state index in [4.69, 9.17) is 19.4 Å². The monoisotopic (exact) mass is 677 g/mol. The number of fused-ring (bicyclic) bond motifs is 3. The Kier molecular flexibility index (Phi) is 7.43. The Morgan fingerprint density at radius 3 is 1.81 bits per heavy atom. The van der Waals surface area contributed by atoms with Crippen LogP contribution in [0.2, 0.25) is 0 Å². The Morgan fingerprint density at radius 2 is 1.00 bits per heavy atom. The molecule has 10 rings (SSSR count). The summed E-state index contributed by atoms with van der Waals surface area (Å²) in [7, 11) is 0. The quantitative estimate of drug-likeness (QED) is 0.176. The number of oxazole rings is 1. The molecule has 0 aliphatic heterocycles. The zero-order valence-corrected chi connectivity index (χ0v) is 28.6. The molecule has 53 heavy (non-hydrogen) atoms. The highest BCUT2D eigenvalue weighted by Gasteiger charge is 2.18. The molecule has 0 fully saturated rings. The Morgan fingerprint density at radius 1 is 0.358 bits per heavy atom. The van der Waals surface area contributed by atoms with Crippen molar-refractivity contribution in [1.29, 1.82) is 0 Å². The first-order valence-corrected chi connectivity index (χ1v) is 17.8. The van der Waals surface area contributed by atoms with E-state index in [2.05, 4.69) is 121 Å². The minimum atomic E-state index is 0.623. The van der Waals surface area contributed by atoms with E-state index in [9.17, 15) is 0 Å². The smallest absolute Gasteiger partial charge is 0.227 e. The van der Waals surface area contributed by atoms with Crippen LogP contribution in [-0.2, 0) is 0 Å². The van der Waals surface area contributed by atoms with E-state index in [0.717, 1.165) is 78.0 Å². The number of aromatic nitrogens is 3. The molecule has 0 radical (unpaired) electrons. The molecule has 248 valence electrons. The van der Waals surface area contributed by atoms with Gasteiger partial charge in [0.2, 0.25) is 5.89 Å². The molecular weight excluding hydrogens is 647 g/mol. The van der Waals surface area contributed by atoms with Gasteiger partial charge in [-0.15, -0.1) is 0 Å². The summed E-state index contributed by atoms with van der Waals surface area (Å²) in [5, 5.41) is 3.42. The van der Waals surface area contributed by atoms with Crippen molar-refractivity contribution in [3.8, 4) is 67.5 Å². The van der Waals surface area contributed by atoms with E-state index in [1.807, 2.05) is 66.7 Å². The Hall–Kier alpha value is -7.17. The number of benzene rings is 8. The van der Waals surface area contributed by atoms with E-state index >= 15 is 0 Å². The molecule has 0 spiro atoms. The highest BCUT2D eigenvalue weighted by molar-refractivity contribution is 6.06. The summed E-state index contributed by atoms with van der Waals surface area (Å²) in [5.74, 6) is 1.34. The van der Waals surface area contributed by atoms with Gasteiger partial charge in [-0.1, -0.05) is 158 Å². The lowest BCUT2D eigenvalue weighted by atomic mass is 9.86. The Labute approximate surface area is 306 Å². The minimum Gasteiger partial charge on any atom is -0.436 e. The van der Waals surface area contributed by atoms with Gasteiger partial charge in [-0.05, 0) is 74.5 Å². The fraction of sp³-hybridized carbons (Fsp3) is 0. The van der Waals surface area contributed by atoms with Gasteiger partial charge in [0, 0.05) is 22.1 Å². The lowest BCUT2D eigenvalue weighted by Crippen LogP contribution is -1.95. The second-order valence-electron chi connectivity index (χ2n) is 13.2. The summed E-state index contributed by atoms with van der Waals surface area (Å²) in [4.78, 5) is 14.9. The third-order valence-corrected chi connectivity index (χ3v) is 9.95. The van der Waals surface area contributed by atoms with Crippen LogP contribution in [-0.4, -0.2) is 15.0 Å². The zero-order valence-electron chi connectivity index (χ0n) is 28.6. The van der Waals surface area contributed by atoms with Crippen LogP contribution >= 0.6 is 0 Å². The van der Waals surface area contributed by atoms with Crippen LogP contribution in [0.1, 0.15) is 0 Å². The second-order valence-corrected chi connectivity index (χ2v) is 13.2. The molecular formula is C49H31N3O. The summed E-state index contributed by atoms with van der Waals surface area (Å²) in [6.45, 7) is 0. The van der Waals surface area contributed by atoms with Crippen molar-refractivity contribution in [2.45, 2.75) is 0 Å². The molecule has 0 unspecified atom stereocenters. The first-order valence-electron chi connectivity index (χ1n) is 17.8. The van der Waals surface area contributed by atoms with E-state index in [-0.39, 0.29) is 0 Å². The van der Waals surface area contributed by atoms with Gasteiger partial charge >= 0.3 is 0 Å². The van der Waals surface area contributed by atoms with Crippen molar-refractivity contribution in [2.24, 2.45) is 0 Å². The molecule has 0 aliphatic rings. The third-order valence-electron chi connectivity index (χ3n) is 9.95. The van der Waals surface area contributed by atoms with Crippen LogP contribution in [0.3, 0.4) is 0 Å². The van der Waals surface area contributed by atoms with Crippen LogP contribution < -0.4 is 0 Å². The lowest BCUT2D eigenvalue weighted by molar-refractivity contribution is 0.620. The lowest BCUT2D eigenvalue weighted by Gasteiger charge is -2.18. The van der Waals surface area contributed by atoms with Gasteiger partial charge in [0.1, 0.15) is 5.52 Å². The highest BCUT2D eigenvalue weighted by atomic mass is 16.3. The zero-order chi connectivity index (χ0) is 35.1. The van der Waals surface area contributed by atoms with Crippen molar-refractivity contribution in [3.05, 3.63) is 188 Å². The predicted octanol–water partition coefficient (Wildman–Crippen LogP) is 12.9. The fourth-order valence-electron chi connectivity index (χ4n) is 7.38. The molecule has 8 aromatic carbocycles. The molecule has 4 nitrogen and oxygen atoms in total. The number of nitrogens with zero attached hydrogens (tertiary/aromatic N) is 3. The number of hydrogen-bond acceptors (Lipinski definition) is 4. The van der Waals surface area contributed by atoms with Gasteiger partial charge in [0.25, 0.3) is 0 Å². The van der Waals surface area contributed by atoms with Crippen molar-refractivity contribution in [1.82, 2.24) is 15.0 Å². The average molecular weight is 678 g/mol. The van der Waals surface area contributed by atoms with Gasteiger partial charge in [0.15, 0.2) is 11.4 Å². The summed E-state index contributed by atoms with van der Waals surface area (Å²) in [5.41, 5.74) is 13.3. The first kappa shape index (κ1) is 30.6. The molecule has 2 heterocycles. The first-order chi connectivity index (χ1) is 26.3. The average Bonchev–Trinajstić information content (AvgIpc) is 3.67. The van der Waals surface area contributed by atoms with Gasteiger partial charge in [-0.2, -0.15) is 0 Å². The molecule has 0 saturated heterocycles. The van der Waals surface area contributed by atoms with Gasteiger partial charge in [-0.25, -0.2) is 15.0 Å². The fourth-order valence-corrected chi connectivity index (χ4v) is 7.38. The highest BCUT2D eigenvalue weighted by Crippen LogP contribution is 2.43. The van der Waals surface area contributed by atoms with Crippen LogP contribution in [0.25, 0.3) is 100 Å². The van der Waals surface area contributed by atoms with Crippen LogP contribution in [0.15, 0.2) is 192 Å². The maximum Gasteiger partial charge on any atom is 0.227 e. The largest absolute Gasteiger partial charge is 0.436 e. The van der Waals surface area contributed by atoms with Crippen LogP contribution in [0.5, 0.6) is 0 Å². The molecule has 0 saturated carbocycles. The van der Waals surface area contributed by atoms with Gasteiger partial charge in [0.05, 0.1) is 11.2 Å². The van der Waals surface area contributed by atoms with Crippen LogP contribution in [0.4, 0.5) is 0 Å². The van der Waals surface area contributed by atoms with E-state index in [1.54, 1.807) is 0 Å². The maximum absolute atomic E-state index is 6.16. The molecule has 4 heteroatoms. The Bertz CT molecular complexity index is 2930. The summed E-state index contributed by atoms with van der Waals surface area (Å²) in [6.07, 6.45) is 0. The molecule has 0 amide bonds. The molecule has 10 aromatic rings. The summed E-state index contributed by atoms with van der Waals surface area (Å²) < 4.78 is 6.16. The number of para-hydroxylation sites is 1. The van der Waals surface area contributed by atoms with E-state index in [0.29, 0.717) is 5.89 Å². The van der Waals surface area contributed by atoms with Crippen molar-refractivity contribution in [3.63, 3.8) is 0 Å². The summed E-state index contributed by atoms with van der Waals surface area (Å²) >= 11 is 0. The summed E-state index contributed by atoms with van der Waals surface area (Å²) in [6, 6.07) is 65.4. The Balaban J connectivity index is 1.10. The van der Waals surface area contributed by atoms with Crippen molar-refractivity contribution >= 4 is 32.8 Å². The standard InChI is InChI=1S/C49H31N3O/c1-3-14-35(15-4-1)48-50-43-22-12-11-21-42(43)47(52-48)34-25-23-33(24-26-34)46-39-19-8-7-13-32(39)27-29-41(46)40-20-10-9-18-38(40)37-28-30-45-44(31-37)51-49(53-45)36-16-5-2-6-17-36/h1-31H. The van der Waals surface area contributed by atoms with E-state index in [1.165, 1.54) is 16.3 Å². The van der Waals surface area contributed by atoms with Crippen molar-refractivity contribution in [2.75, 3.05) is 0 Å². The minimum absolute atomic E-state index is 0.623.